The van der Waals surface area contributed by atoms with Crippen molar-refractivity contribution in [3.05, 3.63) is 36.4 Å². The van der Waals surface area contributed by atoms with Crippen molar-refractivity contribution in [1.29, 1.82) is 0 Å². The van der Waals surface area contributed by atoms with Crippen LogP contribution in [-0.2, 0) is 4.79 Å². The first-order valence-corrected chi connectivity index (χ1v) is 7.19. The van der Waals surface area contributed by atoms with Crippen molar-refractivity contribution in [3.8, 4) is 0 Å². The highest BCUT2D eigenvalue weighted by Gasteiger charge is 2.39. The number of piperidine rings is 1. The van der Waals surface area contributed by atoms with Crippen molar-refractivity contribution in [1.82, 2.24) is 0 Å². The first-order chi connectivity index (χ1) is 10.1. The number of hydrogen-bond acceptors (Lipinski definition) is 3. The van der Waals surface area contributed by atoms with E-state index in [2.05, 4.69) is 11.5 Å². The summed E-state index contributed by atoms with van der Waals surface area (Å²) in [6, 6.07) is 4.89. The molecule has 3 rings (SSSR count). The van der Waals surface area contributed by atoms with Crippen LogP contribution >= 0.6 is 0 Å². The lowest BCUT2D eigenvalue weighted by molar-refractivity contribution is -0.120. The second-order valence-electron chi connectivity index (χ2n) is 5.45. The number of amides is 1. The van der Waals surface area contributed by atoms with E-state index in [0.717, 1.165) is 31.5 Å². The maximum atomic E-state index is 12.7. The van der Waals surface area contributed by atoms with Crippen LogP contribution in [0.3, 0.4) is 0 Å². The third-order valence-corrected chi connectivity index (χ3v) is 4.19. The van der Waals surface area contributed by atoms with Gasteiger partial charge in [-0.1, -0.05) is 6.08 Å². The molecule has 0 saturated carbocycles. The second-order valence-corrected chi connectivity index (χ2v) is 5.45. The van der Waals surface area contributed by atoms with Crippen LogP contribution in [0, 0.1) is 0 Å². The summed E-state index contributed by atoms with van der Waals surface area (Å²) in [6.45, 7) is 4.95. The molecule has 5 heteroatoms. The fourth-order valence-electron chi connectivity index (χ4n) is 3.21. The molecule has 0 aromatic heterocycles. The fourth-order valence-corrected chi connectivity index (χ4v) is 3.21. The Labute approximate surface area is 123 Å². The molecule has 1 fully saturated rings. The van der Waals surface area contributed by atoms with Gasteiger partial charge in [-0.15, -0.1) is 6.58 Å². The molecule has 1 aromatic carbocycles. The van der Waals surface area contributed by atoms with Crippen LogP contribution in [0.15, 0.2) is 30.9 Å². The molecule has 5 nitrogen and oxygen atoms in total. The van der Waals surface area contributed by atoms with Gasteiger partial charge in [-0.05, 0) is 37.5 Å². The van der Waals surface area contributed by atoms with Crippen LogP contribution in [0.1, 0.15) is 29.6 Å². The number of carboxylic acid groups (broad SMARTS) is 1. The lowest BCUT2D eigenvalue weighted by Crippen LogP contribution is -2.55. The standard InChI is InChI=1S/C16H18N2O3/c1-2-8-18-14-10-11(16(20)21)6-7-12(14)17-9-4-3-5-13(17)15(18)19/h2,6-7,10,13H,1,3-5,8-9H2,(H,20,21). The Hall–Kier alpha value is -2.30. The first kappa shape index (κ1) is 13.7. The Morgan fingerprint density at radius 3 is 2.90 bits per heavy atom. The Kier molecular flexibility index (Phi) is 3.41. The molecule has 0 aliphatic carbocycles. The molecule has 1 saturated heterocycles. The molecule has 0 radical (unpaired) electrons. The lowest BCUT2D eigenvalue weighted by atomic mass is 9.95. The van der Waals surface area contributed by atoms with Gasteiger partial charge in [-0.3, -0.25) is 4.79 Å². The summed E-state index contributed by atoms with van der Waals surface area (Å²) in [7, 11) is 0. The van der Waals surface area contributed by atoms with E-state index >= 15 is 0 Å². The number of nitrogens with zero attached hydrogens (tertiary/aromatic N) is 2. The predicted molar refractivity (Wildman–Crippen MR) is 80.9 cm³/mol. The third kappa shape index (κ3) is 2.18. The Morgan fingerprint density at radius 2 is 2.19 bits per heavy atom. The van der Waals surface area contributed by atoms with E-state index in [-0.39, 0.29) is 17.5 Å². The molecule has 2 heterocycles. The Morgan fingerprint density at radius 1 is 1.38 bits per heavy atom. The number of hydrogen-bond donors (Lipinski definition) is 1. The molecule has 21 heavy (non-hydrogen) atoms. The monoisotopic (exact) mass is 286 g/mol. The summed E-state index contributed by atoms with van der Waals surface area (Å²) < 4.78 is 0. The molecule has 2 aliphatic rings. The summed E-state index contributed by atoms with van der Waals surface area (Å²) in [5.41, 5.74) is 1.83. The van der Waals surface area contributed by atoms with Gasteiger partial charge < -0.3 is 14.9 Å². The van der Waals surface area contributed by atoms with Gasteiger partial charge in [0.25, 0.3) is 0 Å². The maximum Gasteiger partial charge on any atom is 0.335 e. The van der Waals surface area contributed by atoms with Crippen molar-refractivity contribution in [2.75, 3.05) is 22.9 Å². The lowest BCUT2D eigenvalue weighted by Gasteiger charge is -2.45. The van der Waals surface area contributed by atoms with E-state index in [9.17, 15) is 9.59 Å². The Balaban J connectivity index is 2.12. The largest absolute Gasteiger partial charge is 0.478 e. The quantitative estimate of drug-likeness (QED) is 0.866. The molecule has 0 spiro atoms. The van der Waals surface area contributed by atoms with Gasteiger partial charge in [0.1, 0.15) is 6.04 Å². The smallest absolute Gasteiger partial charge is 0.335 e. The molecule has 110 valence electrons. The molecule has 2 aliphatic heterocycles. The minimum atomic E-state index is -0.982. The van der Waals surface area contributed by atoms with Crippen molar-refractivity contribution < 1.29 is 14.7 Å². The minimum Gasteiger partial charge on any atom is -0.478 e. The van der Waals surface area contributed by atoms with Crippen LogP contribution in [0.4, 0.5) is 11.4 Å². The zero-order chi connectivity index (χ0) is 15.0. The highest BCUT2D eigenvalue weighted by molar-refractivity contribution is 6.07. The molecule has 0 bridgehead atoms. The predicted octanol–water partition coefficient (Wildman–Crippen LogP) is 2.28. The summed E-state index contributed by atoms with van der Waals surface area (Å²) >= 11 is 0. The SMILES string of the molecule is C=CCN1C(=O)C2CCCCN2c2ccc(C(=O)O)cc21. The molecule has 1 N–H and O–H groups in total. The van der Waals surface area contributed by atoms with Gasteiger partial charge in [0, 0.05) is 13.1 Å². The van der Waals surface area contributed by atoms with E-state index in [4.69, 9.17) is 5.11 Å². The molecule has 1 aromatic rings. The average Bonchev–Trinajstić information content (AvgIpc) is 2.51. The number of anilines is 2. The van der Waals surface area contributed by atoms with E-state index < -0.39 is 5.97 Å². The van der Waals surface area contributed by atoms with E-state index in [1.54, 1.807) is 23.1 Å². The number of carbonyl (C=O) groups is 2. The summed E-state index contributed by atoms with van der Waals surface area (Å²) in [5.74, 6) is -0.936. The maximum absolute atomic E-state index is 12.7. The van der Waals surface area contributed by atoms with Crippen molar-refractivity contribution >= 4 is 23.3 Å². The number of benzene rings is 1. The number of fused-ring (bicyclic) bond motifs is 3. The highest BCUT2D eigenvalue weighted by atomic mass is 16.4. The molecule has 1 amide bonds. The number of rotatable bonds is 3. The fraction of sp³-hybridized carbons (Fsp3) is 0.375. The molecular formula is C16H18N2O3. The minimum absolute atomic E-state index is 0.0460. The van der Waals surface area contributed by atoms with Gasteiger partial charge in [-0.25, -0.2) is 4.79 Å². The van der Waals surface area contributed by atoms with Crippen LogP contribution in [0.5, 0.6) is 0 Å². The van der Waals surface area contributed by atoms with Crippen LogP contribution in [0.2, 0.25) is 0 Å². The average molecular weight is 286 g/mol. The van der Waals surface area contributed by atoms with Crippen molar-refractivity contribution in [3.63, 3.8) is 0 Å². The van der Waals surface area contributed by atoms with Gasteiger partial charge in [-0.2, -0.15) is 0 Å². The third-order valence-electron chi connectivity index (χ3n) is 4.19. The van der Waals surface area contributed by atoms with E-state index in [0.29, 0.717) is 12.2 Å². The van der Waals surface area contributed by atoms with E-state index in [1.807, 2.05) is 6.07 Å². The summed E-state index contributed by atoms with van der Waals surface area (Å²) in [4.78, 5) is 27.6. The van der Waals surface area contributed by atoms with Crippen LogP contribution < -0.4 is 9.80 Å². The zero-order valence-corrected chi connectivity index (χ0v) is 11.8. The number of aromatic carboxylic acids is 1. The summed E-state index contributed by atoms with van der Waals surface area (Å²) in [6.07, 6.45) is 4.64. The van der Waals surface area contributed by atoms with Gasteiger partial charge in [0.15, 0.2) is 0 Å². The van der Waals surface area contributed by atoms with Gasteiger partial charge in [0.2, 0.25) is 5.91 Å². The van der Waals surface area contributed by atoms with Gasteiger partial charge >= 0.3 is 5.97 Å². The highest BCUT2D eigenvalue weighted by Crippen LogP contribution is 2.39. The van der Waals surface area contributed by atoms with Crippen LogP contribution in [0.25, 0.3) is 0 Å². The van der Waals surface area contributed by atoms with Crippen LogP contribution in [-0.4, -0.2) is 36.1 Å². The van der Waals surface area contributed by atoms with Crippen molar-refractivity contribution in [2.24, 2.45) is 0 Å². The number of carboxylic acids is 1. The van der Waals surface area contributed by atoms with E-state index in [1.165, 1.54) is 0 Å². The molecule has 1 atom stereocenters. The van der Waals surface area contributed by atoms with Crippen molar-refractivity contribution in [2.45, 2.75) is 25.3 Å². The zero-order valence-electron chi connectivity index (χ0n) is 11.8. The number of carbonyl (C=O) groups excluding carboxylic acids is 1. The molecular weight excluding hydrogens is 268 g/mol. The van der Waals surface area contributed by atoms with Gasteiger partial charge in [0.05, 0.1) is 16.9 Å². The topological polar surface area (TPSA) is 60.9 Å². The second kappa shape index (κ2) is 5.24. The Bertz CT molecular complexity index is 612. The normalized spacial score (nSPS) is 20.8. The first-order valence-electron chi connectivity index (χ1n) is 7.19. The molecule has 1 unspecified atom stereocenters. The summed E-state index contributed by atoms with van der Waals surface area (Å²) in [5, 5.41) is 9.16.